The van der Waals surface area contributed by atoms with Crippen LogP contribution in [0.5, 0.6) is 0 Å². The Morgan fingerprint density at radius 2 is 1.76 bits per heavy atom. The van der Waals surface area contributed by atoms with E-state index < -0.39 is 35.4 Å². The number of primary amides is 1. The van der Waals surface area contributed by atoms with E-state index in [-0.39, 0.29) is 46.6 Å². The van der Waals surface area contributed by atoms with E-state index in [1.54, 1.807) is 0 Å². The van der Waals surface area contributed by atoms with Crippen LogP contribution >= 0.6 is 0 Å². The summed E-state index contributed by atoms with van der Waals surface area (Å²) >= 11 is 0. The van der Waals surface area contributed by atoms with Crippen molar-refractivity contribution in [3.8, 4) is 11.1 Å². The summed E-state index contributed by atoms with van der Waals surface area (Å²) in [6.45, 7) is 5.25. The highest BCUT2D eigenvalue weighted by Crippen LogP contribution is 2.37. The predicted molar refractivity (Wildman–Crippen MR) is 138 cm³/mol. The lowest BCUT2D eigenvalue weighted by Gasteiger charge is -2.44. The lowest BCUT2D eigenvalue weighted by Crippen LogP contribution is -2.55. The highest BCUT2D eigenvalue weighted by Gasteiger charge is 2.30. The average Bonchev–Trinajstić information content (AvgIpc) is 2.87. The molecule has 4 N–H and O–H groups in total. The molecule has 4 rings (SSSR count). The molecular formula is C27H29F4N5O2. The molecular weight excluding hydrogens is 502 g/mol. The number of likely N-dealkylation sites (N-methyl/N-ethyl adjacent to an activating group) is 1. The molecule has 0 spiro atoms. The molecule has 38 heavy (non-hydrogen) atoms. The molecule has 2 atom stereocenters. The van der Waals surface area contributed by atoms with Gasteiger partial charge in [0.2, 0.25) is 0 Å². The molecule has 1 fully saturated rings. The zero-order valence-corrected chi connectivity index (χ0v) is 21.2. The van der Waals surface area contributed by atoms with E-state index in [9.17, 15) is 22.8 Å². The van der Waals surface area contributed by atoms with Crippen LogP contribution in [0.4, 0.5) is 28.9 Å². The second-order valence-corrected chi connectivity index (χ2v) is 9.56. The summed E-state index contributed by atoms with van der Waals surface area (Å²) < 4.78 is 57.1. The van der Waals surface area contributed by atoms with Gasteiger partial charge in [-0.25, -0.2) is 17.6 Å². The van der Waals surface area contributed by atoms with Gasteiger partial charge in [0.05, 0.1) is 22.5 Å². The van der Waals surface area contributed by atoms with Crippen molar-refractivity contribution in [3.63, 3.8) is 0 Å². The monoisotopic (exact) mass is 531 g/mol. The van der Waals surface area contributed by atoms with E-state index in [0.717, 1.165) is 12.1 Å². The second-order valence-electron chi connectivity index (χ2n) is 9.56. The molecule has 202 valence electrons. The van der Waals surface area contributed by atoms with Crippen molar-refractivity contribution in [2.45, 2.75) is 32.4 Å². The number of hydrogen-bond donors (Lipinski definition) is 3. The number of nitrogens with one attached hydrogen (secondary N) is 2. The highest BCUT2D eigenvalue weighted by atomic mass is 19.3. The van der Waals surface area contributed by atoms with Crippen LogP contribution in [-0.4, -0.2) is 61.9 Å². The normalized spacial score (nSPS) is 20.1. The van der Waals surface area contributed by atoms with Crippen molar-refractivity contribution in [2.24, 2.45) is 5.73 Å². The van der Waals surface area contributed by atoms with Gasteiger partial charge in [-0.15, -0.1) is 0 Å². The minimum atomic E-state index is -2.86. The Hall–Kier alpha value is -3.86. The van der Waals surface area contributed by atoms with Crippen molar-refractivity contribution in [1.29, 1.82) is 0 Å². The number of nitrogens with zero attached hydrogens (tertiary/aromatic N) is 2. The van der Waals surface area contributed by atoms with Gasteiger partial charge < -0.3 is 21.3 Å². The molecule has 2 aliphatic heterocycles. The summed E-state index contributed by atoms with van der Waals surface area (Å²) in [7, 11) is 1.99. The Labute approximate surface area is 218 Å². The molecule has 0 bridgehead atoms. The molecule has 1 saturated heterocycles. The Balaban J connectivity index is 1.79. The van der Waals surface area contributed by atoms with Gasteiger partial charge >= 0.3 is 0 Å². The Bertz CT molecular complexity index is 1310. The third-order valence-electron chi connectivity index (χ3n) is 7.06. The predicted octanol–water partition coefficient (Wildman–Crippen LogP) is 3.88. The molecule has 2 aliphatic rings. The number of benzene rings is 2. The molecule has 0 radical (unpaired) electrons. The van der Waals surface area contributed by atoms with E-state index in [1.165, 1.54) is 30.5 Å². The molecule has 7 nitrogen and oxygen atoms in total. The maximum atomic E-state index is 15.5. The van der Waals surface area contributed by atoms with Crippen LogP contribution in [0.15, 0.2) is 53.8 Å². The molecule has 0 saturated carbocycles. The first kappa shape index (κ1) is 27.2. The lowest BCUT2D eigenvalue weighted by atomic mass is 9.99. The number of alkyl halides is 2. The fraction of sp³-hybridized carbons (Fsp3) is 0.333. The van der Waals surface area contributed by atoms with E-state index >= 15 is 4.39 Å². The van der Waals surface area contributed by atoms with Crippen LogP contribution < -0.4 is 21.3 Å². The van der Waals surface area contributed by atoms with E-state index in [4.69, 9.17) is 5.73 Å². The van der Waals surface area contributed by atoms with Crippen molar-refractivity contribution in [2.75, 3.05) is 36.9 Å². The molecule has 0 aromatic heterocycles. The molecule has 2 amide bonds. The van der Waals surface area contributed by atoms with E-state index in [0.29, 0.717) is 18.8 Å². The first-order chi connectivity index (χ1) is 18.0. The fourth-order valence-corrected chi connectivity index (χ4v) is 4.75. The largest absolute Gasteiger partial charge is 0.387 e. The summed E-state index contributed by atoms with van der Waals surface area (Å²) in [5.74, 6) is -3.37. The zero-order valence-electron chi connectivity index (χ0n) is 21.2. The SMILES string of the molecule is C[C@@H]1CN(c2cc(F)c(-c3ccc(C(N)=O)c(F)c3)cc2NC(=O)C2=CNCC=C2C(F)F)C[C@H](C)N1C. The average molecular weight is 532 g/mol. The van der Waals surface area contributed by atoms with Crippen molar-refractivity contribution < 1.29 is 27.2 Å². The number of rotatable bonds is 6. The Morgan fingerprint density at radius 3 is 2.37 bits per heavy atom. The number of halogens is 4. The summed E-state index contributed by atoms with van der Waals surface area (Å²) in [5, 5.41) is 5.43. The minimum absolute atomic E-state index is 0.0467. The third-order valence-corrected chi connectivity index (χ3v) is 7.06. The Morgan fingerprint density at radius 1 is 1.08 bits per heavy atom. The van der Waals surface area contributed by atoms with Crippen LogP contribution in [-0.2, 0) is 4.79 Å². The zero-order chi connectivity index (χ0) is 27.7. The van der Waals surface area contributed by atoms with Gasteiger partial charge in [-0.1, -0.05) is 12.1 Å². The molecule has 0 aliphatic carbocycles. The van der Waals surface area contributed by atoms with Gasteiger partial charge in [-0.2, -0.15) is 0 Å². The van der Waals surface area contributed by atoms with Gasteiger partial charge in [0.15, 0.2) is 0 Å². The molecule has 2 aromatic rings. The number of amides is 2. The number of nitrogens with two attached hydrogens (primary N) is 1. The van der Waals surface area contributed by atoms with Crippen molar-refractivity contribution in [3.05, 3.63) is 71.0 Å². The smallest absolute Gasteiger partial charge is 0.264 e. The van der Waals surface area contributed by atoms with Crippen molar-refractivity contribution >= 4 is 23.2 Å². The first-order valence-corrected chi connectivity index (χ1v) is 12.1. The van der Waals surface area contributed by atoms with E-state index in [1.807, 2.05) is 25.8 Å². The van der Waals surface area contributed by atoms with Crippen LogP contribution in [0.3, 0.4) is 0 Å². The number of dihydropyridines is 1. The molecule has 0 unspecified atom stereocenters. The number of carbonyl (C=O) groups excluding carboxylic acids is 2. The lowest BCUT2D eigenvalue weighted by molar-refractivity contribution is -0.112. The number of hydrogen-bond acceptors (Lipinski definition) is 5. The summed E-state index contributed by atoms with van der Waals surface area (Å²) in [4.78, 5) is 28.7. The van der Waals surface area contributed by atoms with Gasteiger partial charge in [-0.05, 0) is 50.7 Å². The highest BCUT2D eigenvalue weighted by molar-refractivity contribution is 6.09. The quantitative estimate of drug-likeness (QED) is 0.493. The van der Waals surface area contributed by atoms with E-state index in [2.05, 4.69) is 15.5 Å². The van der Waals surface area contributed by atoms with Gasteiger partial charge in [0, 0.05) is 49.1 Å². The second kappa shape index (κ2) is 10.9. The number of carbonyl (C=O) groups is 2. The van der Waals surface area contributed by atoms with Crippen LogP contribution in [0.2, 0.25) is 0 Å². The minimum Gasteiger partial charge on any atom is -0.387 e. The van der Waals surface area contributed by atoms with Crippen LogP contribution in [0.25, 0.3) is 11.1 Å². The van der Waals surface area contributed by atoms with Crippen LogP contribution in [0, 0.1) is 11.6 Å². The summed E-state index contributed by atoms with van der Waals surface area (Å²) in [6, 6.07) is 6.29. The number of anilines is 2. The van der Waals surface area contributed by atoms with Gasteiger partial charge in [-0.3, -0.25) is 14.5 Å². The molecule has 11 heteroatoms. The standard InChI is InChI=1S/C27H29F4N5O2/c1-14-12-36(13-15(2)35(14)3)24-10-22(29)19(16-4-5-18(26(32)37)21(28)8-16)9-23(24)34-27(38)20-11-33-7-6-17(20)25(30)31/h4-6,8-11,14-15,25,33H,7,12-13H2,1-3H3,(H2,32,37)(H,34,38)/t14-,15+. The fourth-order valence-electron chi connectivity index (χ4n) is 4.75. The summed E-state index contributed by atoms with van der Waals surface area (Å²) in [5.41, 5.74) is 4.79. The molecule has 2 aromatic carbocycles. The van der Waals surface area contributed by atoms with Gasteiger partial charge in [0.25, 0.3) is 18.2 Å². The maximum Gasteiger partial charge on any atom is 0.264 e. The maximum absolute atomic E-state index is 15.5. The number of piperazine rings is 1. The third kappa shape index (κ3) is 5.38. The van der Waals surface area contributed by atoms with Crippen LogP contribution in [0.1, 0.15) is 24.2 Å². The topological polar surface area (TPSA) is 90.7 Å². The summed E-state index contributed by atoms with van der Waals surface area (Å²) in [6.07, 6.45) is -0.397. The van der Waals surface area contributed by atoms with Gasteiger partial charge in [0.1, 0.15) is 11.6 Å². The van der Waals surface area contributed by atoms with Crippen molar-refractivity contribution in [1.82, 2.24) is 10.2 Å². The first-order valence-electron chi connectivity index (χ1n) is 12.1. The molecule has 2 heterocycles. The Kier molecular flexibility index (Phi) is 7.77.